The zero-order valence-corrected chi connectivity index (χ0v) is 16.5. The Kier molecular flexibility index (Phi) is 7.67. The Morgan fingerprint density at radius 3 is 2.67 bits per heavy atom. The molecule has 0 bridgehead atoms. The van der Waals surface area contributed by atoms with Crippen LogP contribution in [0.25, 0.3) is 0 Å². The molecule has 2 N–H and O–H groups in total. The number of para-hydroxylation sites is 1. The summed E-state index contributed by atoms with van der Waals surface area (Å²) in [6.45, 7) is 9.31. The minimum atomic E-state index is 0.476. The first-order valence-corrected chi connectivity index (χ1v) is 8.85. The molecule has 6 heteroatoms. The molecule has 1 heterocycles. The minimum Gasteiger partial charge on any atom is -0.496 e. The van der Waals surface area contributed by atoms with Gasteiger partial charge < -0.3 is 20.1 Å². The van der Waals surface area contributed by atoms with Gasteiger partial charge in [-0.25, -0.2) is 0 Å². The van der Waals surface area contributed by atoms with Crippen molar-refractivity contribution in [3.63, 3.8) is 0 Å². The third-order valence-electron chi connectivity index (χ3n) is 4.17. The second-order valence-corrected chi connectivity index (χ2v) is 6.03. The standard InChI is InChI=1S/C21H28N4O2/c1-6-11-27-19-10-8-7-9-17(19)13-24-21(22-4)25-14-18-16(3)20(26-5)15(2)12-23-18/h6-10,12H,1,11,13-14H2,2-5H3,(H2,22,24,25). The lowest BCUT2D eigenvalue weighted by molar-refractivity contribution is 0.358. The van der Waals surface area contributed by atoms with E-state index in [0.29, 0.717) is 25.7 Å². The molecule has 144 valence electrons. The predicted molar refractivity (Wildman–Crippen MR) is 109 cm³/mol. The van der Waals surface area contributed by atoms with E-state index in [9.17, 15) is 0 Å². The Hall–Kier alpha value is -3.02. The number of methoxy groups -OCH3 is 1. The summed E-state index contributed by atoms with van der Waals surface area (Å²) >= 11 is 0. The largest absolute Gasteiger partial charge is 0.496 e. The molecule has 1 aromatic carbocycles. The summed E-state index contributed by atoms with van der Waals surface area (Å²) in [6, 6.07) is 7.91. The molecule has 0 aliphatic heterocycles. The number of ether oxygens (including phenoxy) is 2. The highest BCUT2D eigenvalue weighted by Gasteiger charge is 2.10. The van der Waals surface area contributed by atoms with Gasteiger partial charge in [0, 0.05) is 36.5 Å². The van der Waals surface area contributed by atoms with Crippen LogP contribution >= 0.6 is 0 Å². The number of hydrogen-bond donors (Lipinski definition) is 2. The van der Waals surface area contributed by atoms with E-state index in [-0.39, 0.29) is 0 Å². The van der Waals surface area contributed by atoms with Crippen LogP contribution in [-0.4, -0.2) is 31.7 Å². The van der Waals surface area contributed by atoms with E-state index in [1.165, 1.54) is 0 Å². The molecule has 0 saturated carbocycles. The van der Waals surface area contributed by atoms with Crippen molar-refractivity contribution in [2.75, 3.05) is 20.8 Å². The number of rotatable bonds is 8. The first-order valence-electron chi connectivity index (χ1n) is 8.85. The number of hydrogen-bond acceptors (Lipinski definition) is 4. The Balaban J connectivity index is 1.99. The molecule has 0 spiro atoms. The van der Waals surface area contributed by atoms with Crippen molar-refractivity contribution in [2.24, 2.45) is 4.99 Å². The average molecular weight is 368 g/mol. The third-order valence-corrected chi connectivity index (χ3v) is 4.17. The van der Waals surface area contributed by atoms with Crippen molar-refractivity contribution < 1.29 is 9.47 Å². The van der Waals surface area contributed by atoms with Gasteiger partial charge >= 0.3 is 0 Å². The Bertz CT molecular complexity index is 803. The van der Waals surface area contributed by atoms with Gasteiger partial charge in [0.05, 0.1) is 19.3 Å². The quantitative estimate of drug-likeness (QED) is 0.426. The van der Waals surface area contributed by atoms with Crippen LogP contribution in [-0.2, 0) is 13.1 Å². The molecule has 2 rings (SSSR count). The Morgan fingerprint density at radius 1 is 1.22 bits per heavy atom. The smallest absolute Gasteiger partial charge is 0.191 e. The van der Waals surface area contributed by atoms with Crippen molar-refractivity contribution in [2.45, 2.75) is 26.9 Å². The van der Waals surface area contributed by atoms with Crippen LogP contribution < -0.4 is 20.1 Å². The van der Waals surface area contributed by atoms with E-state index in [4.69, 9.17) is 9.47 Å². The highest BCUT2D eigenvalue weighted by molar-refractivity contribution is 5.79. The maximum absolute atomic E-state index is 5.69. The highest BCUT2D eigenvalue weighted by atomic mass is 16.5. The molecule has 2 aromatic rings. The average Bonchev–Trinajstić information content (AvgIpc) is 2.69. The minimum absolute atomic E-state index is 0.476. The Labute approximate surface area is 161 Å². The number of nitrogens with zero attached hydrogens (tertiary/aromatic N) is 2. The second kappa shape index (κ2) is 10.2. The van der Waals surface area contributed by atoms with Crippen molar-refractivity contribution in [3.05, 3.63) is 65.5 Å². The summed E-state index contributed by atoms with van der Waals surface area (Å²) < 4.78 is 11.2. The number of aryl methyl sites for hydroxylation is 1. The zero-order valence-electron chi connectivity index (χ0n) is 16.5. The molecule has 0 saturated heterocycles. The monoisotopic (exact) mass is 368 g/mol. The van der Waals surface area contributed by atoms with Gasteiger partial charge in [0.15, 0.2) is 5.96 Å². The molecule has 6 nitrogen and oxygen atoms in total. The highest BCUT2D eigenvalue weighted by Crippen LogP contribution is 2.23. The first-order chi connectivity index (χ1) is 13.1. The number of benzene rings is 1. The number of pyridine rings is 1. The lowest BCUT2D eigenvalue weighted by Gasteiger charge is -2.16. The van der Waals surface area contributed by atoms with Gasteiger partial charge in [0.25, 0.3) is 0 Å². The van der Waals surface area contributed by atoms with E-state index in [0.717, 1.165) is 33.9 Å². The van der Waals surface area contributed by atoms with Crippen molar-refractivity contribution in [3.8, 4) is 11.5 Å². The lowest BCUT2D eigenvalue weighted by Crippen LogP contribution is -2.36. The molecule has 27 heavy (non-hydrogen) atoms. The van der Waals surface area contributed by atoms with Gasteiger partial charge in [-0.15, -0.1) is 0 Å². The molecule has 0 aliphatic rings. The van der Waals surface area contributed by atoms with Crippen molar-refractivity contribution in [1.29, 1.82) is 0 Å². The number of aliphatic imine (C=N–C) groups is 1. The van der Waals surface area contributed by atoms with Crippen LogP contribution in [0.3, 0.4) is 0 Å². The Morgan fingerprint density at radius 2 is 1.96 bits per heavy atom. The second-order valence-electron chi connectivity index (χ2n) is 6.03. The molecule has 0 atom stereocenters. The lowest BCUT2D eigenvalue weighted by atomic mass is 10.1. The fourth-order valence-corrected chi connectivity index (χ4v) is 2.76. The molecule has 0 amide bonds. The van der Waals surface area contributed by atoms with Gasteiger partial charge in [-0.3, -0.25) is 9.98 Å². The molecule has 0 fully saturated rings. The maximum Gasteiger partial charge on any atom is 0.191 e. The maximum atomic E-state index is 5.69. The van der Waals surface area contributed by atoms with Crippen molar-refractivity contribution >= 4 is 5.96 Å². The molecular weight excluding hydrogens is 340 g/mol. The summed E-state index contributed by atoms with van der Waals surface area (Å²) in [4.78, 5) is 8.78. The topological polar surface area (TPSA) is 67.8 Å². The molecule has 0 radical (unpaired) electrons. The van der Waals surface area contributed by atoms with E-state index in [2.05, 4.69) is 27.2 Å². The molecule has 0 aliphatic carbocycles. The van der Waals surface area contributed by atoms with Crippen LogP contribution in [0.15, 0.2) is 48.1 Å². The van der Waals surface area contributed by atoms with E-state index in [1.54, 1.807) is 20.2 Å². The van der Waals surface area contributed by atoms with Crippen LogP contribution in [0, 0.1) is 13.8 Å². The number of guanidine groups is 1. The number of aromatic nitrogens is 1. The van der Waals surface area contributed by atoms with Crippen LogP contribution in [0.4, 0.5) is 0 Å². The fourth-order valence-electron chi connectivity index (χ4n) is 2.76. The van der Waals surface area contributed by atoms with Crippen molar-refractivity contribution in [1.82, 2.24) is 15.6 Å². The zero-order chi connectivity index (χ0) is 19.6. The summed E-state index contributed by atoms with van der Waals surface area (Å²) in [7, 11) is 3.42. The van der Waals surface area contributed by atoms with Gasteiger partial charge in [-0.05, 0) is 19.9 Å². The fraction of sp³-hybridized carbons (Fsp3) is 0.333. The summed E-state index contributed by atoms with van der Waals surface area (Å²) in [6.07, 6.45) is 3.56. The molecule has 1 aromatic heterocycles. The van der Waals surface area contributed by atoms with E-state index in [1.807, 2.05) is 44.3 Å². The normalized spacial score (nSPS) is 11.0. The summed E-state index contributed by atoms with van der Waals surface area (Å²) in [5.41, 5.74) is 4.03. The number of nitrogens with one attached hydrogen (secondary N) is 2. The summed E-state index contributed by atoms with van der Waals surface area (Å²) in [5.74, 6) is 2.40. The van der Waals surface area contributed by atoms with Gasteiger partial charge in [-0.2, -0.15) is 0 Å². The molecule has 0 unspecified atom stereocenters. The van der Waals surface area contributed by atoms with Gasteiger partial charge in [0.2, 0.25) is 0 Å². The predicted octanol–water partition coefficient (Wildman–Crippen LogP) is 3.14. The van der Waals surface area contributed by atoms with Crippen LogP contribution in [0.2, 0.25) is 0 Å². The van der Waals surface area contributed by atoms with Gasteiger partial charge in [0.1, 0.15) is 18.1 Å². The summed E-state index contributed by atoms with van der Waals surface area (Å²) in [5, 5.41) is 6.60. The molecular formula is C21H28N4O2. The van der Waals surface area contributed by atoms with E-state index < -0.39 is 0 Å². The first kappa shape index (κ1) is 20.3. The third kappa shape index (κ3) is 5.48. The van der Waals surface area contributed by atoms with Gasteiger partial charge in [-0.1, -0.05) is 30.9 Å². The van der Waals surface area contributed by atoms with E-state index >= 15 is 0 Å². The SMILES string of the molecule is C=CCOc1ccccc1CNC(=NC)NCc1ncc(C)c(OC)c1C. The van der Waals surface area contributed by atoms with Crippen LogP contribution in [0.1, 0.15) is 22.4 Å². The van der Waals surface area contributed by atoms with Crippen LogP contribution in [0.5, 0.6) is 11.5 Å².